The van der Waals surface area contributed by atoms with E-state index in [1.807, 2.05) is 0 Å². The molecule has 2 rings (SSSR count). The van der Waals surface area contributed by atoms with Crippen LogP contribution in [0.1, 0.15) is 39.0 Å². The van der Waals surface area contributed by atoms with Crippen LogP contribution in [-0.2, 0) is 14.8 Å². The van der Waals surface area contributed by atoms with Crippen molar-refractivity contribution in [1.29, 1.82) is 0 Å². The Kier molecular flexibility index (Phi) is 6.61. The molecule has 0 atom stereocenters. The molecule has 1 aromatic rings. The van der Waals surface area contributed by atoms with Gasteiger partial charge >= 0.3 is 0 Å². The minimum Gasteiger partial charge on any atom is -0.353 e. The Morgan fingerprint density at radius 3 is 2.61 bits per heavy atom. The van der Waals surface area contributed by atoms with Crippen molar-refractivity contribution in [2.45, 2.75) is 50.0 Å². The number of carbonyl (C=O) groups is 1. The Labute approximate surface area is 146 Å². The maximum Gasteiger partial charge on any atom is 0.240 e. The third-order valence-electron chi connectivity index (χ3n) is 4.13. The average Bonchev–Trinajstić information content (AvgIpc) is 2.49. The lowest BCUT2D eigenvalue weighted by Gasteiger charge is -2.26. The molecule has 0 spiro atoms. The highest BCUT2D eigenvalue weighted by atomic mass is 79.9. The van der Waals surface area contributed by atoms with Gasteiger partial charge in [-0.25, -0.2) is 13.1 Å². The zero-order chi connectivity index (χ0) is 16.9. The summed E-state index contributed by atoms with van der Waals surface area (Å²) in [7, 11) is -3.58. The van der Waals surface area contributed by atoms with Gasteiger partial charge in [-0.15, -0.1) is 0 Å². The molecule has 1 aromatic carbocycles. The van der Waals surface area contributed by atoms with Crippen LogP contribution in [0, 0.1) is 5.92 Å². The Morgan fingerprint density at radius 2 is 1.96 bits per heavy atom. The first kappa shape index (κ1) is 18.4. The van der Waals surface area contributed by atoms with Crippen LogP contribution < -0.4 is 10.0 Å². The Hall–Kier alpha value is -0.920. The molecule has 1 fully saturated rings. The molecule has 5 nitrogen and oxygen atoms in total. The van der Waals surface area contributed by atoms with E-state index in [4.69, 9.17) is 0 Å². The fourth-order valence-electron chi connectivity index (χ4n) is 2.72. The first-order chi connectivity index (χ1) is 10.9. The normalized spacial score (nSPS) is 21.8. The molecular weight excluding hydrogens is 380 g/mol. The van der Waals surface area contributed by atoms with E-state index in [-0.39, 0.29) is 29.8 Å². The number of sulfonamides is 1. The third kappa shape index (κ3) is 5.90. The fourth-order valence-corrected chi connectivity index (χ4v) is 4.35. The second-order valence-corrected chi connectivity index (χ2v) is 8.81. The number of amides is 1. The van der Waals surface area contributed by atoms with E-state index in [0.29, 0.717) is 4.47 Å². The zero-order valence-electron chi connectivity index (χ0n) is 13.2. The van der Waals surface area contributed by atoms with Gasteiger partial charge in [0.1, 0.15) is 0 Å². The van der Waals surface area contributed by atoms with Crippen molar-refractivity contribution in [1.82, 2.24) is 10.0 Å². The Bertz CT molecular complexity index is 640. The van der Waals surface area contributed by atoms with E-state index in [0.717, 1.165) is 31.6 Å². The van der Waals surface area contributed by atoms with Crippen LogP contribution in [0.5, 0.6) is 0 Å². The second-order valence-electron chi connectivity index (χ2n) is 6.13. The molecule has 0 aromatic heterocycles. The van der Waals surface area contributed by atoms with Gasteiger partial charge in [-0.05, 0) is 49.8 Å². The van der Waals surface area contributed by atoms with E-state index in [1.54, 1.807) is 12.1 Å². The lowest BCUT2D eigenvalue weighted by Crippen LogP contribution is -2.39. The first-order valence-corrected chi connectivity index (χ1v) is 10.2. The number of rotatable bonds is 6. The first-order valence-electron chi connectivity index (χ1n) is 7.91. The van der Waals surface area contributed by atoms with Crippen LogP contribution in [0.3, 0.4) is 0 Å². The van der Waals surface area contributed by atoms with Crippen molar-refractivity contribution in [2.75, 3.05) is 6.54 Å². The molecule has 1 saturated carbocycles. The summed E-state index contributed by atoms with van der Waals surface area (Å²) in [6.45, 7) is 2.33. The Balaban J connectivity index is 1.76. The van der Waals surface area contributed by atoms with E-state index in [2.05, 4.69) is 32.9 Å². The predicted octanol–water partition coefficient (Wildman–Crippen LogP) is 2.81. The number of halogens is 1. The van der Waals surface area contributed by atoms with Gasteiger partial charge in [0.25, 0.3) is 0 Å². The topological polar surface area (TPSA) is 75.3 Å². The minimum atomic E-state index is -3.58. The lowest BCUT2D eigenvalue weighted by molar-refractivity contribution is -0.121. The summed E-state index contributed by atoms with van der Waals surface area (Å²) in [5.74, 6) is 0.640. The molecule has 1 aliphatic rings. The SMILES string of the molecule is CC1CCC(NC(=O)CCNS(=O)(=O)c2cccc(Br)c2)CC1. The summed E-state index contributed by atoms with van der Waals surface area (Å²) >= 11 is 3.25. The molecule has 2 N–H and O–H groups in total. The number of benzene rings is 1. The monoisotopic (exact) mass is 402 g/mol. The molecule has 7 heteroatoms. The van der Waals surface area contributed by atoms with Gasteiger partial charge in [0, 0.05) is 23.5 Å². The highest BCUT2D eigenvalue weighted by Gasteiger charge is 2.20. The maximum absolute atomic E-state index is 12.1. The van der Waals surface area contributed by atoms with E-state index >= 15 is 0 Å². The minimum absolute atomic E-state index is 0.0958. The number of carbonyl (C=O) groups excluding carboxylic acids is 1. The number of nitrogens with one attached hydrogen (secondary N) is 2. The van der Waals surface area contributed by atoms with Gasteiger partial charge in [0.2, 0.25) is 15.9 Å². The molecule has 128 valence electrons. The van der Waals surface area contributed by atoms with Gasteiger partial charge in [0.05, 0.1) is 4.90 Å². The maximum atomic E-state index is 12.1. The van der Waals surface area contributed by atoms with Crippen molar-refractivity contribution in [3.8, 4) is 0 Å². The molecular formula is C16H23BrN2O3S. The van der Waals surface area contributed by atoms with Crippen LogP contribution in [-0.4, -0.2) is 26.9 Å². The Morgan fingerprint density at radius 1 is 1.26 bits per heavy atom. The molecule has 23 heavy (non-hydrogen) atoms. The molecule has 0 bridgehead atoms. The number of hydrogen-bond donors (Lipinski definition) is 2. The number of hydrogen-bond acceptors (Lipinski definition) is 3. The zero-order valence-corrected chi connectivity index (χ0v) is 15.6. The summed E-state index contributed by atoms with van der Waals surface area (Å²) in [4.78, 5) is 12.1. The van der Waals surface area contributed by atoms with E-state index < -0.39 is 10.0 Å². The summed E-state index contributed by atoms with van der Waals surface area (Å²) in [5, 5.41) is 2.99. The predicted molar refractivity (Wildman–Crippen MR) is 93.5 cm³/mol. The van der Waals surface area contributed by atoms with Crippen LogP contribution in [0.25, 0.3) is 0 Å². The van der Waals surface area contributed by atoms with Crippen LogP contribution >= 0.6 is 15.9 Å². The van der Waals surface area contributed by atoms with Gasteiger partial charge in [-0.1, -0.05) is 28.9 Å². The van der Waals surface area contributed by atoms with Crippen molar-refractivity contribution in [3.05, 3.63) is 28.7 Å². The van der Waals surface area contributed by atoms with Gasteiger partial charge in [-0.3, -0.25) is 4.79 Å². The largest absolute Gasteiger partial charge is 0.353 e. The standard InChI is InChI=1S/C16H23BrN2O3S/c1-12-5-7-14(8-6-12)19-16(20)9-10-18-23(21,22)15-4-2-3-13(17)11-15/h2-4,11-12,14,18H,5-10H2,1H3,(H,19,20). The summed E-state index contributed by atoms with van der Waals surface area (Å²) < 4.78 is 27.4. The van der Waals surface area contributed by atoms with Crippen molar-refractivity contribution in [3.63, 3.8) is 0 Å². The van der Waals surface area contributed by atoms with Crippen LogP contribution in [0.4, 0.5) is 0 Å². The average molecular weight is 403 g/mol. The molecule has 0 radical (unpaired) electrons. The van der Waals surface area contributed by atoms with Crippen molar-refractivity contribution >= 4 is 31.9 Å². The summed E-state index contributed by atoms with van der Waals surface area (Å²) in [6.07, 6.45) is 4.45. The molecule has 0 saturated heterocycles. The van der Waals surface area contributed by atoms with Gasteiger partial charge in [-0.2, -0.15) is 0 Å². The second kappa shape index (κ2) is 8.26. The smallest absolute Gasteiger partial charge is 0.240 e. The van der Waals surface area contributed by atoms with Crippen molar-refractivity contribution < 1.29 is 13.2 Å². The quantitative estimate of drug-likeness (QED) is 0.767. The molecule has 0 unspecified atom stereocenters. The lowest BCUT2D eigenvalue weighted by atomic mass is 9.87. The highest BCUT2D eigenvalue weighted by molar-refractivity contribution is 9.10. The molecule has 0 heterocycles. The third-order valence-corrected chi connectivity index (χ3v) is 6.08. The molecule has 0 aliphatic heterocycles. The summed E-state index contributed by atoms with van der Waals surface area (Å²) in [5.41, 5.74) is 0. The van der Waals surface area contributed by atoms with Crippen LogP contribution in [0.15, 0.2) is 33.6 Å². The molecule has 1 aliphatic carbocycles. The molecule has 1 amide bonds. The van der Waals surface area contributed by atoms with E-state index in [9.17, 15) is 13.2 Å². The van der Waals surface area contributed by atoms with E-state index in [1.165, 1.54) is 12.1 Å². The highest BCUT2D eigenvalue weighted by Crippen LogP contribution is 2.23. The fraction of sp³-hybridized carbons (Fsp3) is 0.562. The summed E-state index contributed by atoms with van der Waals surface area (Å²) in [6, 6.07) is 6.72. The van der Waals surface area contributed by atoms with Crippen molar-refractivity contribution in [2.24, 2.45) is 5.92 Å². The van der Waals surface area contributed by atoms with Gasteiger partial charge in [0.15, 0.2) is 0 Å². The van der Waals surface area contributed by atoms with Crippen LogP contribution in [0.2, 0.25) is 0 Å². The van der Waals surface area contributed by atoms with Gasteiger partial charge < -0.3 is 5.32 Å².